The van der Waals surface area contributed by atoms with Gasteiger partial charge < -0.3 is 16.6 Å². The van der Waals surface area contributed by atoms with Crippen molar-refractivity contribution in [2.75, 3.05) is 5.73 Å². The molecule has 0 fully saturated rings. The monoisotopic (exact) mass is 378 g/mol. The van der Waals surface area contributed by atoms with Crippen LogP contribution >= 0.6 is 31.9 Å². The highest BCUT2D eigenvalue weighted by Gasteiger charge is 2.20. The first-order valence-electron chi connectivity index (χ1n) is 6.01. The van der Waals surface area contributed by atoms with Gasteiger partial charge in [-0.25, -0.2) is 0 Å². The summed E-state index contributed by atoms with van der Waals surface area (Å²) in [6, 6.07) is 3.27. The SMILES string of the molecule is CC(C)CC[C@H](O)[C@H](N)c1cc(Br)cc(Br)c1N. The molecule has 2 atom stereocenters. The highest BCUT2D eigenvalue weighted by Crippen LogP contribution is 2.33. The van der Waals surface area contributed by atoms with Crippen LogP contribution in [-0.2, 0) is 0 Å². The number of aliphatic hydroxyl groups is 1. The lowest BCUT2D eigenvalue weighted by Crippen LogP contribution is -2.27. The van der Waals surface area contributed by atoms with Crippen LogP contribution < -0.4 is 11.5 Å². The van der Waals surface area contributed by atoms with Gasteiger partial charge in [0.25, 0.3) is 0 Å². The molecule has 0 aliphatic carbocycles. The lowest BCUT2D eigenvalue weighted by molar-refractivity contribution is 0.128. The first kappa shape index (κ1) is 16.0. The van der Waals surface area contributed by atoms with E-state index >= 15 is 0 Å². The molecule has 0 unspecified atom stereocenters. The number of rotatable bonds is 5. The molecular weight excluding hydrogens is 360 g/mol. The second kappa shape index (κ2) is 6.89. The molecule has 102 valence electrons. The van der Waals surface area contributed by atoms with E-state index in [1.54, 1.807) is 0 Å². The van der Waals surface area contributed by atoms with Crippen LogP contribution in [-0.4, -0.2) is 11.2 Å². The maximum atomic E-state index is 10.1. The Hall–Kier alpha value is -0.100. The standard InChI is InChI=1S/C13H20Br2N2O/c1-7(2)3-4-11(18)13(17)9-5-8(14)6-10(15)12(9)16/h5-7,11,13,18H,3-4,16-17H2,1-2H3/t11-,13+/m0/s1. The lowest BCUT2D eigenvalue weighted by Gasteiger charge is -2.22. The minimum Gasteiger partial charge on any atom is -0.398 e. The molecule has 5 N–H and O–H groups in total. The Morgan fingerprint density at radius 3 is 2.39 bits per heavy atom. The molecule has 0 amide bonds. The normalized spacial score (nSPS) is 14.8. The predicted octanol–water partition coefficient (Wildman–Crippen LogP) is 3.59. The molecule has 0 spiro atoms. The van der Waals surface area contributed by atoms with E-state index < -0.39 is 12.1 Å². The second-order valence-corrected chi connectivity index (χ2v) is 6.72. The fourth-order valence-corrected chi connectivity index (χ4v) is 3.03. The maximum absolute atomic E-state index is 10.1. The number of benzene rings is 1. The first-order chi connectivity index (χ1) is 8.32. The van der Waals surface area contributed by atoms with E-state index in [-0.39, 0.29) is 0 Å². The minimum atomic E-state index is -0.573. The van der Waals surface area contributed by atoms with Gasteiger partial charge in [-0.05, 0) is 52.4 Å². The number of nitrogen functional groups attached to an aromatic ring is 1. The van der Waals surface area contributed by atoms with Crippen LogP contribution in [0.15, 0.2) is 21.1 Å². The third-order valence-electron chi connectivity index (χ3n) is 2.94. The molecule has 3 nitrogen and oxygen atoms in total. The fourth-order valence-electron chi connectivity index (χ4n) is 1.77. The number of hydrogen-bond acceptors (Lipinski definition) is 3. The molecule has 1 aromatic rings. The molecule has 0 bridgehead atoms. The number of hydrogen-bond donors (Lipinski definition) is 3. The summed E-state index contributed by atoms with van der Waals surface area (Å²) in [5, 5.41) is 10.1. The van der Waals surface area contributed by atoms with Gasteiger partial charge in [0, 0.05) is 8.95 Å². The van der Waals surface area contributed by atoms with Crippen LogP contribution in [0, 0.1) is 5.92 Å². The highest BCUT2D eigenvalue weighted by molar-refractivity contribution is 9.11. The van der Waals surface area contributed by atoms with Gasteiger partial charge >= 0.3 is 0 Å². The van der Waals surface area contributed by atoms with Crippen molar-refractivity contribution < 1.29 is 5.11 Å². The Kier molecular flexibility index (Phi) is 6.11. The number of anilines is 1. The van der Waals surface area contributed by atoms with Gasteiger partial charge in [-0.15, -0.1) is 0 Å². The molecule has 0 saturated heterocycles. The van der Waals surface area contributed by atoms with E-state index in [0.29, 0.717) is 18.0 Å². The Morgan fingerprint density at radius 2 is 1.83 bits per heavy atom. The molecule has 18 heavy (non-hydrogen) atoms. The van der Waals surface area contributed by atoms with E-state index in [1.807, 2.05) is 12.1 Å². The van der Waals surface area contributed by atoms with Crippen molar-refractivity contribution in [3.8, 4) is 0 Å². The molecule has 0 aromatic heterocycles. The predicted molar refractivity (Wildman–Crippen MR) is 83.3 cm³/mol. The summed E-state index contributed by atoms with van der Waals surface area (Å²) >= 11 is 6.79. The van der Waals surface area contributed by atoms with Gasteiger partial charge in [-0.1, -0.05) is 29.8 Å². The number of halogens is 2. The summed E-state index contributed by atoms with van der Waals surface area (Å²) in [4.78, 5) is 0. The van der Waals surface area contributed by atoms with Crippen molar-refractivity contribution >= 4 is 37.5 Å². The van der Waals surface area contributed by atoms with Crippen LogP contribution in [0.4, 0.5) is 5.69 Å². The van der Waals surface area contributed by atoms with Gasteiger partial charge in [0.15, 0.2) is 0 Å². The second-order valence-electron chi connectivity index (χ2n) is 4.95. The van der Waals surface area contributed by atoms with E-state index in [2.05, 4.69) is 45.7 Å². The summed E-state index contributed by atoms with van der Waals surface area (Å²) in [5.41, 5.74) is 13.4. The molecule has 0 saturated carbocycles. The topological polar surface area (TPSA) is 72.3 Å². The van der Waals surface area contributed by atoms with Gasteiger partial charge in [-0.2, -0.15) is 0 Å². The van der Waals surface area contributed by atoms with Crippen molar-refractivity contribution in [3.05, 3.63) is 26.6 Å². The molecule has 5 heteroatoms. The highest BCUT2D eigenvalue weighted by atomic mass is 79.9. The maximum Gasteiger partial charge on any atom is 0.0733 e. The lowest BCUT2D eigenvalue weighted by atomic mass is 9.95. The van der Waals surface area contributed by atoms with Crippen LogP contribution in [0.3, 0.4) is 0 Å². The summed E-state index contributed by atoms with van der Waals surface area (Å²) in [6.45, 7) is 4.25. The summed E-state index contributed by atoms with van der Waals surface area (Å²) in [7, 11) is 0. The van der Waals surface area contributed by atoms with E-state index in [0.717, 1.165) is 20.9 Å². The van der Waals surface area contributed by atoms with Crippen molar-refractivity contribution in [3.63, 3.8) is 0 Å². The zero-order chi connectivity index (χ0) is 13.9. The quantitative estimate of drug-likeness (QED) is 0.684. The van der Waals surface area contributed by atoms with Crippen molar-refractivity contribution in [2.24, 2.45) is 11.7 Å². The zero-order valence-corrected chi connectivity index (χ0v) is 13.8. The van der Waals surface area contributed by atoms with Crippen molar-refractivity contribution in [2.45, 2.75) is 38.8 Å². The third kappa shape index (κ3) is 4.23. The zero-order valence-electron chi connectivity index (χ0n) is 10.7. The number of aliphatic hydroxyl groups excluding tert-OH is 1. The third-order valence-corrected chi connectivity index (χ3v) is 4.05. The van der Waals surface area contributed by atoms with Gasteiger partial charge in [-0.3, -0.25) is 0 Å². The molecule has 1 rings (SSSR count). The van der Waals surface area contributed by atoms with Crippen LogP contribution in [0.25, 0.3) is 0 Å². The van der Waals surface area contributed by atoms with E-state index in [1.165, 1.54) is 0 Å². The minimum absolute atomic E-state index is 0.461. The summed E-state index contributed by atoms with van der Waals surface area (Å²) in [5.74, 6) is 0.554. The van der Waals surface area contributed by atoms with Crippen LogP contribution in [0.2, 0.25) is 0 Å². The van der Waals surface area contributed by atoms with Gasteiger partial charge in [0.05, 0.1) is 17.8 Å². The molecule has 0 radical (unpaired) electrons. The van der Waals surface area contributed by atoms with Crippen molar-refractivity contribution in [1.29, 1.82) is 0 Å². The summed E-state index contributed by atoms with van der Waals surface area (Å²) < 4.78 is 1.68. The molecule has 0 heterocycles. The fraction of sp³-hybridized carbons (Fsp3) is 0.538. The Labute approximate surface area is 125 Å². The van der Waals surface area contributed by atoms with Gasteiger partial charge in [0.1, 0.15) is 0 Å². The van der Waals surface area contributed by atoms with Crippen LogP contribution in [0.5, 0.6) is 0 Å². The average molecular weight is 380 g/mol. The number of nitrogens with two attached hydrogens (primary N) is 2. The van der Waals surface area contributed by atoms with Gasteiger partial charge in [0.2, 0.25) is 0 Å². The van der Waals surface area contributed by atoms with E-state index in [4.69, 9.17) is 11.5 Å². The largest absolute Gasteiger partial charge is 0.398 e. The Morgan fingerprint density at radius 1 is 1.22 bits per heavy atom. The van der Waals surface area contributed by atoms with Crippen LogP contribution in [0.1, 0.15) is 38.3 Å². The first-order valence-corrected chi connectivity index (χ1v) is 7.59. The molecule has 0 aliphatic rings. The Bertz CT molecular complexity index is 410. The van der Waals surface area contributed by atoms with E-state index in [9.17, 15) is 5.11 Å². The smallest absolute Gasteiger partial charge is 0.0733 e. The molecule has 1 aromatic carbocycles. The Balaban J connectivity index is 2.86. The van der Waals surface area contributed by atoms with Crippen molar-refractivity contribution in [1.82, 2.24) is 0 Å². The molecular formula is C13H20Br2N2O. The average Bonchev–Trinajstić information content (AvgIpc) is 2.29. The summed E-state index contributed by atoms with van der Waals surface area (Å²) in [6.07, 6.45) is 1.06. The molecule has 0 aliphatic heterocycles.